The number of anilines is 2. The molecular formula is C17H16N2O2. The molecule has 0 aliphatic carbocycles. The summed E-state index contributed by atoms with van der Waals surface area (Å²) in [6.07, 6.45) is -0.494. The highest BCUT2D eigenvalue weighted by molar-refractivity contribution is 5.86. The lowest BCUT2D eigenvalue weighted by Crippen LogP contribution is -2.14. The lowest BCUT2D eigenvalue weighted by atomic mass is 10.1. The molecule has 0 fully saturated rings. The van der Waals surface area contributed by atoms with E-state index in [0.717, 1.165) is 5.56 Å². The Balaban J connectivity index is 2.26. The highest BCUT2D eigenvalue weighted by atomic mass is 16.5. The molecule has 0 aliphatic rings. The maximum Gasteiger partial charge on any atom is 0.411 e. The number of carbonyl (C=O) groups excluding carboxylic acids is 1. The van der Waals surface area contributed by atoms with Crippen LogP contribution < -0.4 is 11.1 Å². The normalized spacial score (nSPS) is 9.38. The average Bonchev–Trinajstić information content (AvgIpc) is 2.48. The monoisotopic (exact) mass is 280 g/mol. The van der Waals surface area contributed by atoms with E-state index >= 15 is 0 Å². The van der Waals surface area contributed by atoms with Crippen molar-refractivity contribution in [3.63, 3.8) is 0 Å². The minimum absolute atomic E-state index is 0.320. The fourth-order valence-electron chi connectivity index (χ4n) is 1.72. The van der Waals surface area contributed by atoms with E-state index in [1.165, 1.54) is 0 Å². The molecular weight excluding hydrogens is 264 g/mol. The maximum absolute atomic E-state index is 11.5. The lowest BCUT2D eigenvalue weighted by Gasteiger charge is -2.06. The second-order valence-electron chi connectivity index (χ2n) is 4.23. The zero-order valence-electron chi connectivity index (χ0n) is 11.7. The summed E-state index contributed by atoms with van der Waals surface area (Å²) in [7, 11) is 0. The summed E-state index contributed by atoms with van der Waals surface area (Å²) in [5, 5.41) is 2.67. The molecule has 0 bridgehead atoms. The quantitative estimate of drug-likeness (QED) is 0.655. The third-order valence-electron chi connectivity index (χ3n) is 2.73. The second kappa shape index (κ2) is 7.01. The molecule has 0 saturated heterocycles. The number of amides is 1. The van der Waals surface area contributed by atoms with Crippen LogP contribution in [0.2, 0.25) is 0 Å². The minimum atomic E-state index is -0.494. The summed E-state index contributed by atoms with van der Waals surface area (Å²) >= 11 is 0. The van der Waals surface area contributed by atoms with Crippen molar-refractivity contribution in [1.82, 2.24) is 0 Å². The first kappa shape index (κ1) is 14.5. The molecule has 106 valence electrons. The van der Waals surface area contributed by atoms with Gasteiger partial charge in [0.2, 0.25) is 0 Å². The summed E-state index contributed by atoms with van der Waals surface area (Å²) < 4.78 is 4.86. The number of nitrogen functional groups attached to an aromatic ring is 1. The van der Waals surface area contributed by atoms with Crippen LogP contribution in [0.4, 0.5) is 16.2 Å². The zero-order chi connectivity index (χ0) is 15.1. The SMILES string of the molecule is CCOC(=O)Nc1ccccc1C#Cc1ccccc1N. The fourth-order valence-corrected chi connectivity index (χ4v) is 1.72. The second-order valence-corrected chi connectivity index (χ2v) is 4.23. The Kier molecular flexibility index (Phi) is 4.84. The molecule has 4 heteroatoms. The van der Waals surface area contributed by atoms with E-state index in [1.54, 1.807) is 19.1 Å². The summed E-state index contributed by atoms with van der Waals surface area (Å²) in [6, 6.07) is 14.7. The number of nitrogens with one attached hydrogen (secondary N) is 1. The van der Waals surface area contributed by atoms with Crippen LogP contribution in [0.3, 0.4) is 0 Å². The highest BCUT2D eigenvalue weighted by Crippen LogP contribution is 2.15. The first-order chi connectivity index (χ1) is 10.2. The molecule has 2 aromatic rings. The van der Waals surface area contributed by atoms with E-state index in [-0.39, 0.29) is 0 Å². The van der Waals surface area contributed by atoms with Crippen LogP contribution >= 0.6 is 0 Å². The van der Waals surface area contributed by atoms with Crippen LogP contribution in [0.5, 0.6) is 0 Å². The van der Waals surface area contributed by atoms with Gasteiger partial charge in [0.25, 0.3) is 0 Å². The summed E-state index contributed by atoms with van der Waals surface area (Å²) in [5.41, 5.74) is 8.54. The van der Waals surface area contributed by atoms with E-state index in [9.17, 15) is 4.79 Å². The summed E-state index contributed by atoms with van der Waals surface area (Å²) in [4.78, 5) is 11.5. The van der Waals surface area contributed by atoms with Gasteiger partial charge in [-0.2, -0.15) is 0 Å². The molecule has 3 N–H and O–H groups in total. The van der Waals surface area contributed by atoms with Gasteiger partial charge in [-0.25, -0.2) is 4.79 Å². The smallest absolute Gasteiger partial charge is 0.411 e. The minimum Gasteiger partial charge on any atom is -0.450 e. The van der Waals surface area contributed by atoms with Gasteiger partial charge in [-0.15, -0.1) is 0 Å². The van der Waals surface area contributed by atoms with Crippen LogP contribution in [0.15, 0.2) is 48.5 Å². The standard InChI is InChI=1S/C17H16N2O2/c1-2-21-17(20)19-16-10-6-4-8-14(16)12-11-13-7-3-5-9-15(13)18/h3-10H,2,18H2,1H3,(H,19,20). The largest absolute Gasteiger partial charge is 0.450 e. The Morgan fingerprint density at radius 1 is 1.10 bits per heavy atom. The molecule has 0 heterocycles. The molecule has 0 spiro atoms. The molecule has 0 radical (unpaired) electrons. The van der Waals surface area contributed by atoms with E-state index < -0.39 is 6.09 Å². The van der Waals surface area contributed by atoms with Gasteiger partial charge in [-0.3, -0.25) is 5.32 Å². The van der Waals surface area contributed by atoms with Crippen LogP contribution in [-0.2, 0) is 4.74 Å². The molecule has 21 heavy (non-hydrogen) atoms. The number of benzene rings is 2. The number of para-hydroxylation sites is 2. The average molecular weight is 280 g/mol. The number of rotatable bonds is 2. The van der Waals surface area contributed by atoms with Gasteiger partial charge in [0.15, 0.2) is 0 Å². The van der Waals surface area contributed by atoms with E-state index in [4.69, 9.17) is 10.5 Å². The van der Waals surface area contributed by atoms with Crippen molar-refractivity contribution in [1.29, 1.82) is 0 Å². The van der Waals surface area contributed by atoms with E-state index in [0.29, 0.717) is 23.5 Å². The van der Waals surface area contributed by atoms with Crippen molar-refractivity contribution in [2.24, 2.45) is 0 Å². The van der Waals surface area contributed by atoms with Gasteiger partial charge in [-0.1, -0.05) is 36.1 Å². The molecule has 2 rings (SSSR count). The molecule has 0 unspecified atom stereocenters. The first-order valence-corrected chi connectivity index (χ1v) is 6.60. The van der Waals surface area contributed by atoms with Crippen molar-refractivity contribution >= 4 is 17.5 Å². The topological polar surface area (TPSA) is 64.3 Å². The maximum atomic E-state index is 11.5. The summed E-state index contributed by atoms with van der Waals surface area (Å²) in [5.74, 6) is 6.03. The molecule has 0 atom stereocenters. The number of hydrogen-bond acceptors (Lipinski definition) is 3. The van der Waals surface area contributed by atoms with E-state index in [1.807, 2.05) is 36.4 Å². The molecule has 2 aromatic carbocycles. The molecule has 4 nitrogen and oxygen atoms in total. The zero-order valence-corrected chi connectivity index (χ0v) is 11.7. The Labute approximate surface area is 123 Å². The van der Waals surface area contributed by atoms with Gasteiger partial charge in [0.1, 0.15) is 0 Å². The lowest BCUT2D eigenvalue weighted by molar-refractivity contribution is 0.168. The van der Waals surface area contributed by atoms with Gasteiger partial charge in [-0.05, 0) is 31.2 Å². The van der Waals surface area contributed by atoms with Gasteiger partial charge >= 0.3 is 6.09 Å². The van der Waals surface area contributed by atoms with Crippen LogP contribution in [0.1, 0.15) is 18.1 Å². The Morgan fingerprint density at radius 2 is 1.71 bits per heavy atom. The Bertz CT molecular complexity index is 699. The van der Waals surface area contributed by atoms with Crippen molar-refractivity contribution in [3.05, 3.63) is 59.7 Å². The van der Waals surface area contributed by atoms with Crippen molar-refractivity contribution in [2.45, 2.75) is 6.92 Å². The van der Waals surface area contributed by atoms with Gasteiger partial charge in [0.05, 0.1) is 12.3 Å². The fraction of sp³-hybridized carbons (Fsp3) is 0.118. The predicted octanol–water partition coefficient (Wildman–Crippen LogP) is 3.24. The number of nitrogens with two attached hydrogens (primary N) is 1. The van der Waals surface area contributed by atoms with Crippen molar-refractivity contribution in [2.75, 3.05) is 17.7 Å². The van der Waals surface area contributed by atoms with Crippen molar-refractivity contribution in [3.8, 4) is 11.8 Å². The molecule has 0 aliphatic heterocycles. The van der Waals surface area contributed by atoms with Gasteiger partial charge in [0, 0.05) is 16.8 Å². The number of hydrogen-bond donors (Lipinski definition) is 2. The van der Waals surface area contributed by atoms with Crippen LogP contribution in [-0.4, -0.2) is 12.7 Å². The van der Waals surface area contributed by atoms with Crippen LogP contribution in [0, 0.1) is 11.8 Å². The van der Waals surface area contributed by atoms with E-state index in [2.05, 4.69) is 17.2 Å². The molecule has 1 amide bonds. The third-order valence-corrected chi connectivity index (χ3v) is 2.73. The molecule has 0 saturated carbocycles. The highest BCUT2D eigenvalue weighted by Gasteiger charge is 2.04. The third kappa shape index (κ3) is 4.02. The first-order valence-electron chi connectivity index (χ1n) is 6.60. The van der Waals surface area contributed by atoms with Crippen LogP contribution in [0.25, 0.3) is 0 Å². The van der Waals surface area contributed by atoms with Gasteiger partial charge < -0.3 is 10.5 Å². The number of ether oxygens (including phenoxy) is 1. The summed E-state index contributed by atoms with van der Waals surface area (Å²) in [6.45, 7) is 2.07. The predicted molar refractivity (Wildman–Crippen MR) is 83.9 cm³/mol. The van der Waals surface area contributed by atoms with Crippen molar-refractivity contribution < 1.29 is 9.53 Å². The Hall–Kier alpha value is -2.93. The number of carbonyl (C=O) groups is 1. The molecule has 0 aromatic heterocycles. The Morgan fingerprint density at radius 3 is 2.43 bits per heavy atom.